The highest BCUT2D eigenvalue weighted by Gasteiger charge is 2.20. The average molecular weight is 306 g/mol. The van der Waals surface area contributed by atoms with Gasteiger partial charge in [-0.15, -0.1) is 11.3 Å². The van der Waals surface area contributed by atoms with Crippen LogP contribution < -0.4 is 5.32 Å². The third-order valence-corrected chi connectivity index (χ3v) is 4.94. The normalized spacial score (nSPS) is 19.0. The topological polar surface area (TPSA) is 61.3 Å². The molecular formula is C15H22N4OS. The highest BCUT2D eigenvalue weighted by molar-refractivity contribution is 7.17. The van der Waals surface area contributed by atoms with E-state index in [-0.39, 0.29) is 6.10 Å². The SMILES string of the molecule is CC(O)CN1CCC(CNc2ncnc3ccsc23)CC1. The lowest BCUT2D eigenvalue weighted by Crippen LogP contribution is -2.39. The summed E-state index contributed by atoms with van der Waals surface area (Å²) in [4.78, 5) is 11.0. The van der Waals surface area contributed by atoms with Crippen LogP contribution in [0.5, 0.6) is 0 Å². The van der Waals surface area contributed by atoms with Gasteiger partial charge in [0.25, 0.3) is 0 Å². The lowest BCUT2D eigenvalue weighted by Gasteiger charge is -2.32. The molecule has 3 rings (SSSR count). The van der Waals surface area contributed by atoms with Gasteiger partial charge in [-0.25, -0.2) is 9.97 Å². The Morgan fingerprint density at radius 3 is 3.00 bits per heavy atom. The number of anilines is 1. The van der Waals surface area contributed by atoms with Gasteiger partial charge < -0.3 is 15.3 Å². The molecule has 2 aromatic rings. The fourth-order valence-corrected chi connectivity index (χ4v) is 3.71. The summed E-state index contributed by atoms with van der Waals surface area (Å²) in [5, 5.41) is 15.0. The van der Waals surface area contributed by atoms with Gasteiger partial charge in [-0.3, -0.25) is 0 Å². The van der Waals surface area contributed by atoms with Crippen LogP contribution >= 0.6 is 11.3 Å². The lowest BCUT2D eigenvalue weighted by molar-refractivity contribution is 0.102. The van der Waals surface area contributed by atoms with Crippen molar-refractivity contribution in [3.8, 4) is 0 Å². The average Bonchev–Trinajstić information content (AvgIpc) is 2.95. The predicted octanol–water partition coefficient (Wildman–Crippen LogP) is 2.20. The van der Waals surface area contributed by atoms with E-state index in [0.29, 0.717) is 5.92 Å². The molecule has 2 N–H and O–H groups in total. The second-order valence-electron chi connectivity index (χ2n) is 5.83. The second kappa shape index (κ2) is 6.68. The van der Waals surface area contributed by atoms with Crippen molar-refractivity contribution in [3.63, 3.8) is 0 Å². The van der Waals surface area contributed by atoms with Gasteiger partial charge in [0.15, 0.2) is 0 Å². The van der Waals surface area contributed by atoms with E-state index in [1.807, 2.05) is 13.0 Å². The van der Waals surface area contributed by atoms with Crippen LogP contribution in [0, 0.1) is 5.92 Å². The molecule has 1 atom stereocenters. The van der Waals surface area contributed by atoms with Crippen molar-refractivity contribution in [1.29, 1.82) is 0 Å². The number of thiophene rings is 1. The van der Waals surface area contributed by atoms with Crippen LogP contribution in [0.3, 0.4) is 0 Å². The summed E-state index contributed by atoms with van der Waals surface area (Å²) in [6.07, 6.45) is 3.76. The molecule has 0 amide bonds. The van der Waals surface area contributed by atoms with E-state index in [1.54, 1.807) is 17.7 Å². The summed E-state index contributed by atoms with van der Waals surface area (Å²) in [5.41, 5.74) is 1.02. The zero-order valence-corrected chi connectivity index (χ0v) is 13.1. The standard InChI is InChI=1S/C15H22N4OS/c1-11(20)9-19-5-2-12(3-6-19)8-16-15-14-13(4-7-21-14)17-10-18-15/h4,7,10-12,20H,2-3,5-6,8-9H2,1H3,(H,16,17,18). The molecule has 21 heavy (non-hydrogen) atoms. The Hall–Kier alpha value is -1.24. The predicted molar refractivity (Wildman–Crippen MR) is 86.7 cm³/mol. The smallest absolute Gasteiger partial charge is 0.147 e. The third kappa shape index (κ3) is 3.70. The minimum atomic E-state index is -0.229. The van der Waals surface area contributed by atoms with E-state index in [9.17, 15) is 5.11 Å². The highest BCUT2D eigenvalue weighted by atomic mass is 32.1. The third-order valence-electron chi connectivity index (χ3n) is 4.03. The molecular weight excluding hydrogens is 284 g/mol. The number of likely N-dealkylation sites (tertiary alicyclic amines) is 1. The number of hydrogen-bond donors (Lipinski definition) is 2. The number of nitrogens with zero attached hydrogens (tertiary/aromatic N) is 3. The van der Waals surface area contributed by atoms with Gasteiger partial charge in [0.1, 0.15) is 12.1 Å². The van der Waals surface area contributed by atoms with Crippen molar-refractivity contribution in [3.05, 3.63) is 17.8 Å². The number of aromatic nitrogens is 2. The molecule has 114 valence electrons. The maximum Gasteiger partial charge on any atom is 0.147 e. The Morgan fingerprint density at radius 1 is 1.43 bits per heavy atom. The summed E-state index contributed by atoms with van der Waals surface area (Å²) < 4.78 is 1.14. The second-order valence-corrected chi connectivity index (χ2v) is 6.75. The fourth-order valence-electron chi connectivity index (χ4n) is 2.90. The zero-order valence-electron chi connectivity index (χ0n) is 12.3. The Bertz CT molecular complexity index is 578. The maximum atomic E-state index is 9.44. The van der Waals surface area contributed by atoms with Crippen molar-refractivity contribution in [2.75, 3.05) is 31.5 Å². The number of aliphatic hydroxyl groups is 1. The summed E-state index contributed by atoms with van der Waals surface area (Å²) in [6, 6.07) is 2.03. The van der Waals surface area contributed by atoms with Crippen LogP contribution in [0.15, 0.2) is 17.8 Å². The summed E-state index contributed by atoms with van der Waals surface area (Å²) in [7, 11) is 0. The quantitative estimate of drug-likeness (QED) is 0.887. The fraction of sp³-hybridized carbons (Fsp3) is 0.600. The Balaban J connectivity index is 1.51. The number of nitrogens with one attached hydrogen (secondary N) is 1. The van der Waals surface area contributed by atoms with Gasteiger partial charge in [0, 0.05) is 13.1 Å². The molecule has 3 heterocycles. The van der Waals surface area contributed by atoms with Crippen molar-refractivity contribution < 1.29 is 5.11 Å². The van der Waals surface area contributed by atoms with Crippen LogP contribution in [0.2, 0.25) is 0 Å². The van der Waals surface area contributed by atoms with Crippen LogP contribution in [-0.4, -0.2) is 52.3 Å². The number of rotatable bonds is 5. The maximum absolute atomic E-state index is 9.44. The van der Waals surface area contributed by atoms with E-state index in [0.717, 1.165) is 42.2 Å². The van der Waals surface area contributed by atoms with Crippen molar-refractivity contribution in [1.82, 2.24) is 14.9 Å². The molecule has 0 bridgehead atoms. The number of β-amino-alcohol motifs (C(OH)–C–C–N with tert-alkyl or cyclic N) is 1. The number of piperidine rings is 1. The minimum absolute atomic E-state index is 0.229. The summed E-state index contributed by atoms with van der Waals surface area (Å²) in [6.45, 7) is 5.77. The molecule has 0 radical (unpaired) electrons. The van der Waals surface area contributed by atoms with Gasteiger partial charge in [0.05, 0.1) is 16.3 Å². The Labute approximate surface area is 129 Å². The van der Waals surface area contributed by atoms with E-state index >= 15 is 0 Å². The van der Waals surface area contributed by atoms with E-state index in [4.69, 9.17) is 0 Å². The first-order valence-electron chi connectivity index (χ1n) is 7.55. The van der Waals surface area contributed by atoms with Crippen LogP contribution in [0.1, 0.15) is 19.8 Å². The minimum Gasteiger partial charge on any atom is -0.392 e. The van der Waals surface area contributed by atoms with Crippen LogP contribution in [-0.2, 0) is 0 Å². The highest BCUT2D eigenvalue weighted by Crippen LogP contribution is 2.26. The molecule has 5 nitrogen and oxygen atoms in total. The summed E-state index contributed by atoms with van der Waals surface area (Å²) >= 11 is 1.68. The van der Waals surface area contributed by atoms with E-state index in [2.05, 4.69) is 25.6 Å². The molecule has 0 saturated carbocycles. The molecule has 0 aromatic carbocycles. The van der Waals surface area contributed by atoms with Crippen molar-refractivity contribution >= 4 is 27.4 Å². The molecule has 6 heteroatoms. The van der Waals surface area contributed by atoms with Crippen molar-refractivity contribution in [2.24, 2.45) is 5.92 Å². The largest absolute Gasteiger partial charge is 0.392 e. The molecule has 1 fully saturated rings. The first-order chi connectivity index (χ1) is 10.2. The number of aliphatic hydroxyl groups excluding tert-OH is 1. The molecule has 0 spiro atoms. The van der Waals surface area contributed by atoms with Gasteiger partial charge in [-0.1, -0.05) is 0 Å². The summed E-state index contributed by atoms with van der Waals surface area (Å²) in [5.74, 6) is 1.64. The first-order valence-corrected chi connectivity index (χ1v) is 8.43. The van der Waals surface area contributed by atoms with Gasteiger partial charge in [-0.05, 0) is 50.2 Å². The number of fused-ring (bicyclic) bond motifs is 1. The van der Waals surface area contributed by atoms with Gasteiger partial charge in [0.2, 0.25) is 0 Å². The molecule has 1 unspecified atom stereocenters. The Kier molecular flexibility index (Phi) is 4.67. The number of hydrogen-bond acceptors (Lipinski definition) is 6. The molecule has 1 aliphatic rings. The molecule has 0 aliphatic carbocycles. The van der Waals surface area contributed by atoms with E-state index in [1.165, 1.54) is 12.8 Å². The van der Waals surface area contributed by atoms with Crippen molar-refractivity contribution in [2.45, 2.75) is 25.9 Å². The van der Waals surface area contributed by atoms with Gasteiger partial charge in [-0.2, -0.15) is 0 Å². The van der Waals surface area contributed by atoms with Crippen LogP contribution in [0.25, 0.3) is 10.2 Å². The molecule has 2 aromatic heterocycles. The first kappa shape index (κ1) is 14.7. The monoisotopic (exact) mass is 306 g/mol. The lowest BCUT2D eigenvalue weighted by atomic mass is 9.96. The Morgan fingerprint density at radius 2 is 2.24 bits per heavy atom. The zero-order chi connectivity index (χ0) is 14.7. The van der Waals surface area contributed by atoms with Crippen LogP contribution in [0.4, 0.5) is 5.82 Å². The molecule has 1 aliphatic heterocycles. The van der Waals surface area contributed by atoms with Gasteiger partial charge >= 0.3 is 0 Å². The molecule has 1 saturated heterocycles. The van der Waals surface area contributed by atoms with E-state index < -0.39 is 0 Å².